The van der Waals surface area contributed by atoms with Crippen molar-refractivity contribution in [1.29, 1.82) is 0 Å². The molecule has 0 saturated carbocycles. The maximum Gasteiger partial charge on any atom is 0.191 e. The first kappa shape index (κ1) is 22.7. The van der Waals surface area contributed by atoms with Gasteiger partial charge in [0.15, 0.2) is 5.96 Å². The topological polar surface area (TPSA) is 63.5 Å². The summed E-state index contributed by atoms with van der Waals surface area (Å²) in [6, 6.07) is 18.2. The quantitative estimate of drug-likeness (QED) is 0.302. The molecule has 29 heavy (non-hydrogen) atoms. The van der Waals surface area contributed by atoms with Crippen LogP contribution >= 0.6 is 24.0 Å². The van der Waals surface area contributed by atoms with Crippen LogP contribution in [-0.4, -0.2) is 29.9 Å². The van der Waals surface area contributed by atoms with E-state index in [0.717, 1.165) is 34.3 Å². The Morgan fingerprint density at radius 3 is 2.45 bits per heavy atom. The number of rotatable bonds is 6. The predicted molar refractivity (Wildman–Crippen MR) is 128 cm³/mol. The molecular formula is C22H28IN5O. The van der Waals surface area contributed by atoms with Crippen LogP contribution in [0, 0.1) is 13.8 Å². The molecule has 0 spiro atoms. The maximum absolute atomic E-state index is 5.28. The molecule has 0 aliphatic heterocycles. The highest BCUT2D eigenvalue weighted by atomic mass is 127. The van der Waals surface area contributed by atoms with E-state index in [-0.39, 0.29) is 24.0 Å². The van der Waals surface area contributed by atoms with Crippen molar-refractivity contribution in [3.8, 4) is 11.4 Å². The number of guanidine groups is 1. The number of nitrogens with one attached hydrogen (secondary N) is 2. The Morgan fingerprint density at radius 1 is 1.03 bits per heavy atom. The van der Waals surface area contributed by atoms with Gasteiger partial charge in [-0.25, -0.2) is 4.68 Å². The molecule has 0 aliphatic rings. The summed E-state index contributed by atoms with van der Waals surface area (Å²) in [5.74, 6) is 1.59. The highest BCUT2D eigenvalue weighted by molar-refractivity contribution is 14.0. The lowest BCUT2D eigenvalue weighted by atomic mass is 10.2. The van der Waals surface area contributed by atoms with Gasteiger partial charge >= 0.3 is 0 Å². The van der Waals surface area contributed by atoms with E-state index in [1.54, 1.807) is 14.2 Å². The van der Waals surface area contributed by atoms with Gasteiger partial charge in [0, 0.05) is 31.4 Å². The Morgan fingerprint density at radius 2 is 1.76 bits per heavy atom. The van der Waals surface area contributed by atoms with Crippen LogP contribution in [-0.2, 0) is 13.1 Å². The Bertz CT molecular complexity index is 953. The molecule has 7 heteroatoms. The van der Waals surface area contributed by atoms with Gasteiger partial charge in [0.05, 0.1) is 18.5 Å². The number of nitrogens with zero attached hydrogens (tertiary/aromatic N) is 3. The van der Waals surface area contributed by atoms with Gasteiger partial charge in [0.25, 0.3) is 0 Å². The number of hydrogen-bond donors (Lipinski definition) is 2. The third kappa shape index (κ3) is 5.72. The lowest BCUT2D eigenvalue weighted by Gasteiger charge is -2.13. The second-order valence-electron chi connectivity index (χ2n) is 6.53. The third-order valence-electron chi connectivity index (χ3n) is 4.69. The van der Waals surface area contributed by atoms with E-state index in [1.165, 1.54) is 5.56 Å². The van der Waals surface area contributed by atoms with E-state index in [0.29, 0.717) is 13.1 Å². The largest absolute Gasteiger partial charge is 0.497 e. The van der Waals surface area contributed by atoms with Crippen molar-refractivity contribution in [3.05, 3.63) is 77.1 Å². The maximum atomic E-state index is 5.28. The van der Waals surface area contributed by atoms with E-state index < -0.39 is 0 Å². The van der Waals surface area contributed by atoms with E-state index >= 15 is 0 Å². The van der Waals surface area contributed by atoms with Crippen LogP contribution in [0.4, 0.5) is 0 Å². The van der Waals surface area contributed by atoms with Crippen LogP contribution < -0.4 is 15.4 Å². The van der Waals surface area contributed by atoms with E-state index in [1.807, 2.05) is 48.0 Å². The normalized spacial score (nSPS) is 11.0. The molecule has 0 bridgehead atoms. The molecule has 3 aromatic rings. The monoisotopic (exact) mass is 505 g/mol. The van der Waals surface area contributed by atoms with E-state index in [9.17, 15) is 0 Å². The van der Waals surface area contributed by atoms with Gasteiger partial charge < -0.3 is 15.4 Å². The smallest absolute Gasteiger partial charge is 0.191 e. The Kier molecular flexibility index (Phi) is 8.50. The summed E-state index contributed by atoms with van der Waals surface area (Å²) >= 11 is 0. The molecule has 6 nitrogen and oxygen atoms in total. The summed E-state index contributed by atoms with van der Waals surface area (Å²) in [7, 11) is 3.45. The fourth-order valence-electron chi connectivity index (χ4n) is 3.11. The fourth-order valence-corrected chi connectivity index (χ4v) is 3.11. The van der Waals surface area contributed by atoms with Gasteiger partial charge in [-0.15, -0.1) is 24.0 Å². The molecule has 1 aromatic heterocycles. The number of benzene rings is 2. The number of para-hydroxylation sites is 1. The van der Waals surface area contributed by atoms with Crippen molar-refractivity contribution in [2.24, 2.45) is 4.99 Å². The van der Waals surface area contributed by atoms with Crippen LogP contribution in [0.2, 0.25) is 0 Å². The average Bonchev–Trinajstić information content (AvgIpc) is 3.02. The summed E-state index contributed by atoms with van der Waals surface area (Å²) in [6.45, 7) is 5.45. The van der Waals surface area contributed by atoms with Crippen molar-refractivity contribution >= 4 is 29.9 Å². The molecule has 0 unspecified atom stereocenters. The van der Waals surface area contributed by atoms with Crippen LogP contribution in [0.25, 0.3) is 5.69 Å². The molecule has 0 saturated heterocycles. The molecule has 0 fully saturated rings. The molecule has 2 N–H and O–H groups in total. The van der Waals surface area contributed by atoms with Crippen molar-refractivity contribution in [3.63, 3.8) is 0 Å². The van der Waals surface area contributed by atoms with Gasteiger partial charge in [0.1, 0.15) is 5.75 Å². The molecular weight excluding hydrogens is 477 g/mol. The standard InChI is InChI=1S/C22H27N5O.HI/c1-16-21(17(2)27(26-16)19-10-6-5-7-11-19)15-25-22(23-3)24-14-18-9-8-12-20(13-18)28-4;/h5-13H,14-15H2,1-4H3,(H2,23,24,25);1H. The van der Waals surface area contributed by atoms with Gasteiger partial charge in [-0.2, -0.15) is 5.10 Å². The van der Waals surface area contributed by atoms with Gasteiger partial charge in [-0.1, -0.05) is 30.3 Å². The first-order valence-corrected chi connectivity index (χ1v) is 9.30. The van der Waals surface area contributed by atoms with Crippen LogP contribution in [0.3, 0.4) is 0 Å². The number of halogens is 1. The minimum absolute atomic E-state index is 0. The zero-order valence-electron chi connectivity index (χ0n) is 17.3. The van der Waals surface area contributed by atoms with E-state index in [4.69, 9.17) is 9.84 Å². The Balaban J connectivity index is 0.00000300. The molecule has 0 amide bonds. The van der Waals surface area contributed by atoms with Crippen molar-refractivity contribution < 1.29 is 4.74 Å². The molecule has 0 radical (unpaired) electrons. The molecule has 0 atom stereocenters. The van der Waals surface area contributed by atoms with Crippen LogP contribution in [0.5, 0.6) is 5.75 Å². The number of aromatic nitrogens is 2. The highest BCUT2D eigenvalue weighted by Crippen LogP contribution is 2.17. The summed E-state index contributed by atoms with van der Waals surface area (Å²) in [5.41, 5.74) is 5.51. The summed E-state index contributed by atoms with van der Waals surface area (Å²) in [4.78, 5) is 4.32. The summed E-state index contributed by atoms with van der Waals surface area (Å²) < 4.78 is 7.26. The van der Waals surface area contributed by atoms with Crippen molar-refractivity contribution in [2.45, 2.75) is 26.9 Å². The molecule has 3 rings (SSSR count). The van der Waals surface area contributed by atoms with Crippen LogP contribution in [0.15, 0.2) is 59.6 Å². The van der Waals surface area contributed by atoms with Crippen molar-refractivity contribution in [1.82, 2.24) is 20.4 Å². The summed E-state index contributed by atoms with van der Waals surface area (Å²) in [6.07, 6.45) is 0. The van der Waals surface area contributed by atoms with Gasteiger partial charge in [-0.05, 0) is 43.7 Å². The first-order chi connectivity index (χ1) is 13.6. The lowest BCUT2D eigenvalue weighted by molar-refractivity contribution is 0.414. The SMILES string of the molecule is CN=C(NCc1cccc(OC)c1)NCc1c(C)nn(-c2ccccc2)c1C.I. The Hall–Kier alpha value is -2.55. The number of aliphatic imine (C=N–C) groups is 1. The Labute approximate surface area is 189 Å². The number of methoxy groups -OCH3 is 1. The first-order valence-electron chi connectivity index (χ1n) is 9.30. The predicted octanol–water partition coefficient (Wildman–Crippen LogP) is 3.98. The van der Waals surface area contributed by atoms with Crippen LogP contribution in [0.1, 0.15) is 22.5 Å². The minimum atomic E-state index is 0. The third-order valence-corrected chi connectivity index (χ3v) is 4.69. The molecule has 154 valence electrons. The number of hydrogen-bond acceptors (Lipinski definition) is 3. The lowest BCUT2D eigenvalue weighted by Crippen LogP contribution is -2.36. The minimum Gasteiger partial charge on any atom is -0.497 e. The molecule has 1 heterocycles. The summed E-state index contributed by atoms with van der Waals surface area (Å²) in [5, 5.41) is 11.4. The zero-order chi connectivity index (χ0) is 19.9. The number of aryl methyl sites for hydroxylation is 1. The average molecular weight is 505 g/mol. The van der Waals surface area contributed by atoms with E-state index in [2.05, 4.69) is 40.7 Å². The highest BCUT2D eigenvalue weighted by Gasteiger charge is 2.13. The fraction of sp³-hybridized carbons (Fsp3) is 0.273. The number of ether oxygens (including phenoxy) is 1. The van der Waals surface area contributed by atoms with Crippen molar-refractivity contribution in [2.75, 3.05) is 14.2 Å². The molecule has 0 aliphatic carbocycles. The van der Waals surface area contributed by atoms with Gasteiger partial charge in [-0.3, -0.25) is 4.99 Å². The van der Waals surface area contributed by atoms with Gasteiger partial charge in [0.2, 0.25) is 0 Å². The zero-order valence-corrected chi connectivity index (χ0v) is 19.6. The second kappa shape index (κ2) is 10.8. The molecule has 2 aromatic carbocycles. The second-order valence-corrected chi connectivity index (χ2v) is 6.53.